The van der Waals surface area contributed by atoms with Crippen molar-refractivity contribution < 1.29 is 4.42 Å². The third-order valence-corrected chi connectivity index (χ3v) is 4.54. The molecule has 0 spiro atoms. The van der Waals surface area contributed by atoms with Gasteiger partial charge in [0, 0.05) is 18.3 Å². The molecule has 1 fully saturated rings. The minimum Gasteiger partial charge on any atom is -0.459 e. The highest BCUT2D eigenvalue weighted by molar-refractivity contribution is 5.81. The van der Waals surface area contributed by atoms with Crippen LogP contribution in [0.4, 0.5) is 5.82 Å². The summed E-state index contributed by atoms with van der Waals surface area (Å²) in [6.07, 6.45) is 2.64. The van der Waals surface area contributed by atoms with E-state index < -0.39 is 0 Å². The number of hydrogen-bond acceptors (Lipinski definition) is 7. The van der Waals surface area contributed by atoms with Crippen molar-refractivity contribution in [2.24, 2.45) is 0 Å². The van der Waals surface area contributed by atoms with Crippen molar-refractivity contribution >= 4 is 5.82 Å². The number of aromatic nitrogens is 2. The molecule has 0 radical (unpaired) electrons. The maximum Gasteiger partial charge on any atom is 0.142 e. The van der Waals surface area contributed by atoms with Gasteiger partial charge in [0.05, 0.1) is 17.4 Å². The van der Waals surface area contributed by atoms with E-state index >= 15 is 0 Å². The zero-order valence-electron chi connectivity index (χ0n) is 14.3. The molecular formula is C19H18N6O. The number of hydrogen-bond donors (Lipinski definition) is 3. The Labute approximate surface area is 150 Å². The Morgan fingerprint density at radius 3 is 2.88 bits per heavy atom. The second kappa shape index (κ2) is 6.59. The molecule has 1 aliphatic heterocycles. The van der Waals surface area contributed by atoms with Crippen molar-refractivity contribution in [3.8, 4) is 28.8 Å². The smallest absolute Gasteiger partial charge is 0.142 e. The first-order valence-electron chi connectivity index (χ1n) is 8.39. The lowest BCUT2D eigenvalue weighted by atomic mass is 9.98. The van der Waals surface area contributed by atoms with Gasteiger partial charge in [-0.3, -0.25) is 10.4 Å². The van der Waals surface area contributed by atoms with Crippen molar-refractivity contribution in [3.63, 3.8) is 0 Å². The Bertz CT molecular complexity index is 983. The number of nitrogens with zero attached hydrogens (tertiary/aromatic N) is 3. The van der Waals surface area contributed by atoms with Crippen LogP contribution < -0.4 is 16.6 Å². The number of hydrazine groups is 1. The number of rotatable bonds is 3. The number of pyridine rings is 2. The monoisotopic (exact) mass is 346 g/mol. The number of nitrogens with two attached hydrogens (primary N) is 1. The van der Waals surface area contributed by atoms with Crippen molar-refractivity contribution in [2.45, 2.75) is 19.4 Å². The summed E-state index contributed by atoms with van der Waals surface area (Å²) in [5, 5.41) is 9.62. The van der Waals surface area contributed by atoms with Gasteiger partial charge >= 0.3 is 0 Å². The van der Waals surface area contributed by atoms with Gasteiger partial charge in [-0.05, 0) is 43.2 Å². The van der Waals surface area contributed by atoms with Gasteiger partial charge in [0.1, 0.15) is 29.0 Å². The molecule has 1 atom stereocenters. The van der Waals surface area contributed by atoms with Crippen LogP contribution in [0.15, 0.2) is 40.9 Å². The molecule has 0 amide bonds. The molecule has 0 saturated carbocycles. The summed E-state index contributed by atoms with van der Waals surface area (Å²) in [4.78, 5) is 8.77. The number of nitrogen functional groups attached to an aromatic ring is 1. The number of nitrogens with one attached hydrogen (secondary N) is 2. The quantitative estimate of drug-likeness (QED) is 0.668. The SMILES string of the molecule is Cc1c(-c2ccccn2)nc(N)c(C#N)c1-c1ccc(C2CCNN2)o1. The number of anilines is 1. The first kappa shape index (κ1) is 16.3. The third kappa shape index (κ3) is 2.71. The van der Waals surface area contributed by atoms with Gasteiger partial charge in [-0.1, -0.05) is 6.07 Å². The van der Waals surface area contributed by atoms with E-state index in [1.54, 1.807) is 6.20 Å². The van der Waals surface area contributed by atoms with E-state index in [9.17, 15) is 5.26 Å². The largest absolute Gasteiger partial charge is 0.459 e. The summed E-state index contributed by atoms with van der Waals surface area (Å²) < 4.78 is 6.07. The minimum atomic E-state index is 0.115. The summed E-state index contributed by atoms with van der Waals surface area (Å²) in [6.45, 7) is 2.79. The molecule has 4 rings (SSSR count). The van der Waals surface area contributed by atoms with Gasteiger partial charge in [0.25, 0.3) is 0 Å². The molecule has 0 aliphatic carbocycles. The van der Waals surface area contributed by atoms with E-state index in [4.69, 9.17) is 10.2 Å². The van der Waals surface area contributed by atoms with Gasteiger partial charge in [-0.15, -0.1) is 0 Å². The summed E-state index contributed by atoms with van der Waals surface area (Å²) in [7, 11) is 0. The maximum absolute atomic E-state index is 9.62. The highest BCUT2D eigenvalue weighted by Gasteiger charge is 2.24. The van der Waals surface area contributed by atoms with Crippen molar-refractivity contribution in [1.82, 2.24) is 20.8 Å². The summed E-state index contributed by atoms with van der Waals surface area (Å²) in [5.74, 6) is 1.60. The van der Waals surface area contributed by atoms with E-state index in [-0.39, 0.29) is 11.9 Å². The summed E-state index contributed by atoms with van der Waals surface area (Å²) in [6, 6.07) is 11.7. The van der Waals surface area contributed by atoms with E-state index in [1.807, 2.05) is 37.3 Å². The van der Waals surface area contributed by atoms with E-state index in [0.29, 0.717) is 28.3 Å². The molecule has 1 aliphatic rings. The molecule has 130 valence electrons. The van der Waals surface area contributed by atoms with E-state index in [2.05, 4.69) is 26.9 Å². The van der Waals surface area contributed by atoms with Gasteiger partial charge in [-0.2, -0.15) is 5.26 Å². The highest BCUT2D eigenvalue weighted by atomic mass is 16.3. The fraction of sp³-hybridized carbons (Fsp3) is 0.211. The second-order valence-corrected chi connectivity index (χ2v) is 6.16. The van der Waals surface area contributed by atoms with Crippen LogP contribution >= 0.6 is 0 Å². The summed E-state index contributed by atoms with van der Waals surface area (Å²) in [5.41, 5.74) is 15.5. The van der Waals surface area contributed by atoms with Crippen molar-refractivity contribution in [1.29, 1.82) is 5.26 Å². The van der Waals surface area contributed by atoms with Gasteiger partial charge < -0.3 is 10.2 Å². The second-order valence-electron chi connectivity index (χ2n) is 6.16. The Kier molecular flexibility index (Phi) is 4.13. The Morgan fingerprint density at radius 2 is 2.19 bits per heavy atom. The average Bonchev–Trinajstić information content (AvgIpc) is 3.35. The van der Waals surface area contributed by atoms with E-state index in [1.165, 1.54) is 0 Å². The molecule has 3 aromatic heterocycles. The summed E-state index contributed by atoms with van der Waals surface area (Å²) >= 11 is 0. The molecule has 3 aromatic rings. The van der Waals surface area contributed by atoms with Crippen molar-refractivity contribution in [3.05, 3.63) is 53.4 Å². The zero-order valence-corrected chi connectivity index (χ0v) is 14.3. The Hall–Kier alpha value is -3.21. The van der Waals surface area contributed by atoms with Crippen LogP contribution in [0, 0.1) is 18.3 Å². The topological polar surface area (TPSA) is 113 Å². The molecule has 7 nitrogen and oxygen atoms in total. The molecular weight excluding hydrogens is 328 g/mol. The average molecular weight is 346 g/mol. The van der Waals surface area contributed by atoms with Crippen LogP contribution in [0.5, 0.6) is 0 Å². The van der Waals surface area contributed by atoms with Crippen LogP contribution in [-0.2, 0) is 0 Å². The molecule has 1 unspecified atom stereocenters. The number of nitriles is 1. The number of furan rings is 1. The normalized spacial score (nSPS) is 16.5. The zero-order chi connectivity index (χ0) is 18.1. The Morgan fingerprint density at radius 1 is 1.31 bits per heavy atom. The lowest BCUT2D eigenvalue weighted by Crippen LogP contribution is -2.24. The predicted molar refractivity (Wildman–Crippen MR) is 97.5 cm³/mol. The molecule has 26 heavy (non-hydrogen) atoms. The first-order valence-corrected chi connectivity index (χ1v) is 8.39. The minimum absolute atomic E-state index is 0.115. The van der Waals surface area contributed by atoms with Crippen LogP contribution in [0.3, 0.4) is 0 Å². The molecule has 4 N–H and O–H groups in total. The third-order valence-electron chi connectivity index (χ3n) is 4.54. The van der Waals surface area contributed by atoms with Crippen LogP contribution in [-0.4, -0.2) is 16.5 Å². The maximum atomic E-state index is 9.62. The van der Waals surface area contributed by atoms with Crippen molar-refractivity contribution in [2.75, 3.05) is 12.3 Å². The lowest BCUT2D eigenvalue weighted by molar-refractivity contribution is 0.441. The fourth-order valence-electron chi connectivity index (χ4n) is 3.24. The standard InChI is InChI=1S/C19H18N6O/c1-11-17(16-6-5-15(26-16)13-7-9-23-25-13)12(10-20)19(21)24-18(11)14-4-2-3-8-22-14/h2-6,8,13,23,25H,7,9H2,1H3,(H2,21,24). The highest BCUT2D eigenvalue weighted by Crippen LogP contribution is 2.37. The Balaban J connectivity index is 1.87. The molecule has 1 saturated heterocycles. The van der Waals surface area contributed by atoms with E-state index in [0.717, 1.165) is 24.3 Å². The van der Waals surface area contributed by atoms with Crippen LogP contribution in [0.25, 0.3) is 22.7 Å². The lowest BCUT2D eigenvalue weighted by Gasteiger charge is -2.13. The van der Waals surface area contributed by atoms with Gasteiger partial charge in [-0.25, -0.2) is 10.4 Å². The molecule has 0 bridgehead atoms. The van der Waals surface area contributed by atoms with Gasteiger partial charge in [0.15, 0.2) is 0 Å². The van der Waals surface area contributed by atoms with Crippen LogP contribution in [0.2, 0.25) is 0 Å². The van der Waals surface area contributed by atoms with Gasteiger partial charge in [0.2, 0.25) is 0 Å². The molecule has 4 heterocycles. The molecule has 7 heteroatoms. The molecule has 0 aromatic carbocycles. The first-order chi connectivity index (χ1) is 12.7. The van der Waals surface area contributed by atoms with Crippen LogP contribution in [0.1, 0.15) is 29.3 Å². The fourth-order valence-corrected chi connectivity index (χ4v) is 3.24. The predicted octanol–water partition coefficient (Wildman–Crippen LogP) is 2.70.